The van der Waals surface area contributed by atoms with E-state index in [4.69, 9.17) is 0 Å². The average Bonchev–Trinajstić information content (AvgIpc) is 2.62. The van der Waals surface area contributed by atoms with Crippen molar-refractivity contribution in [3.05, 3.63) is 59.8 Å². The van der Waals surface area contributed by atoms with Crippen LogP contribution in [0.15, 0.2) is 48.7 Å². The topological polar surface area (TPSA) is 54.0 Å². The summed E-state index contributed by atoms with van der Waals surface area (Å²) in [4.78, 5) is 16.0. The number of hydrogen-bond acceptors (Lipinski definition) is 3. The van der Waals surface area contributed by atoms with Crippen LogP contribution in [-0.2, 0) is 11.0 Å². The molecule has 1 heterocycles. The third-order valence-corrected chi connectivity index (χ3v) is 3.98. The minimum absolute atomic E-state index is 0.0219. The summed E-state index contributed by atoms with van der Waals surface area (Å²) < 4.78 is 37.4. The molecule has 0 aliphatic carbocycles. The van der Waals surface area contributed by atoms with Gasteiger partial charge in [-0.25, -0.2) is 4.98 Å². The van der Waals surface area contributed by atoms with Crippen molar-refractivity contribution in [2.24, 2.45) is 0 Å². The van der Waals surface area contributed by atoms with Crippen molar-refractivity contribution in [2.75, 3.05) is 18.4 Å². The van der Waals surface area contributed by atoms with E-state index in [0.717, 1.165) is 17.8 Å². The molecule has 1 aromatic carbocycles. The summed E-state index contributed by atoms with van der Waals surface area (Å²) >= 11 is 0. The predicted molar refractivity (Wildman–Crippen MR) is 94.8 cm³/mol. The van der Waals surface area contributed by atoms with Crippen LogP contribution in [0.4, 0.5) is 19.0 Å². The molecule has 0 saturated heterocycles. The molecule has 2 aromatic rings. The van der Waals surface area contributed by atoms with Gasteiger partial charge in [-0.3, -0.25) is 4.79 Å². The van der Waals surface area contributed by atoms with Gasteiger partial charge < -0.3 is 10.6 Å². The van der Waals surface area contributed by atoms with E-state index in [0.29, 0.717) is 31.7 Å². The Hall–Kier alpha value is -2.57. The zero-order chi connectivity index (χ0) is 19.0. The molecule has 0 bridgehead atoms. The number of benzene rings is 1. The number of anilines is 1. The highest BCUT2D eigenvalue weighted by Gasteiger charge is 2.30. The maximum absolute atomic E-state index is 12.5. The largest absolute Gasteiger partial charge is 0.417 e. The first-order valence-electron chi connectivity index (χ1n) is 8.51. The molecule has 0 fully saturated rings. The van der Waals surface area contributed by atoms with Gasteiger partial charge in [-0.15, -0.1) is 0 Å². The summed E-state index contributed by atoms with van der Waals surface area (Å²) in [6.07, 6.45) is -2.23. The van der Waals surface area contributed by atoms with Crippen LogP contribution in [-0.4, -0.2) is 24.0 Å². The van der Waals surface area contributed by atoms with E-state index in [1.165, 1.54) is 6.07 Å². The number of rotatable bonds is 8. The van der Waals surface area contributed by atoms with Gasteiger partial charge in [0, 0.05) is 19.3 Å². The molecular weight excluding hydrogens is 343 g/mol. The lowest BCUT2D eigenvalue weighted by atomic mass is 9.96. The van der Waals surface area contributed by atoms with Gasteiger partial charge in [0.25, 0.3) is 0 Å². The quantitative estimate of drug-likeness (QED) is 0.689. The molecule has 0 aliphatic rings. The maximum Gasteiger partial charge on any atom is 0.417 e. The first kappa shape index (κ1) is 19.8. The van der Waals surface area contributed by atoms with E-state index in [-0.39, 0.29) is 11.8 Å². The van der Waals surface area contributed by atoms with Crippen LogP contribution in [0.25, 0.3) is 0 Å². The zero-order valence-corrected chi connectivity index (χ0v) is 14.5. The van der Waals surface area contributed by atoms with Crippen molar-refractivity contribution in [1.29, 1.82) is 0 Å². The lowest BCUT2D eigenvalue weighted by Gasteiger charge is -2.15. The SMILES string of the molecule is CCC(C(=O)NCCCNc1ccc(C(F)(F)F)cn1)c1ccccc1. The molecule has 2 N–H and O–H groups in total. The summed E-state index contributed by atoms with van der Waals surface area (Å²) in [6, 6.07) is 11.9. The zero-order valence-electron chi connectivity index (χ0n) is 14.5. The van der Waals surface area contributed by atoms with Crippen LogP contribution < -0.4 is 10.6 Å². The molecule has 7 heteroatoms. The van der Waals surface area contributed by atoms with Gasteiger partial charge in [-0.05, 0) is 30.5 Å². The number of hydrogen-bond donors (Lipinski definition) is 2. The van der Waals surface area contributed by atoms with Crippen LogP contribution >= 0.6 is 0 Å². The van der Waals surface area contributed by atoms with Gasteiger partial charge in [-0.2, -0.15) is 13.2 Å². The fourth-order valence-electron chi connectivity index (χ4n) is 2.56. The van der Waals surface area contributed by atoms with E-state index in [9.17, 15) is 18.0 Å². The van der Waals surface area contributed by atoms with Crippen molar-refractivity contribution in [3.8, 4) is 0 Å². The Bertz CT molecular complexity index is 687. The standard InChI is InChI=1S/C19H22F3N3O/c1-2-16(14-7-4-3-5-8-14)18(26)24-12-6-11-23-17-10-9-15(13-25-17)19(20,21)22/h3-5,7-10,13,16H,2,6,11-12H2,1H3,(H,23,25)(H,24,26). The normalized spacial score (nSPS) is 12.5. The molecular formula is C19H22F3N3O. The molecule has 2 rings (SSSR count). The van der Waals surface area contributed by atoms with Gasteiger partial charge in [-0.1, -0.05) is 37.3 Å². The minimum Gasteiger partial charge on any atom is -0.370 e. The van der Waals surface area contributed by atoms with Crippen molar-refractivity contribution in [2.45, 2.75) is 31.9 Å². The highest BCUT2D eigenvalue weighted by atomic mass is 19.4. The fraction of sp³-hybridized carbons (Fsp3) is 0.368. The highest BCUT2D eigenvalue weighted by Crippen LogP contribution is 2.28. The number of alkyl halides is 3. The summed E-state index contributed by atoms with van der Waals surface area (Å²) in [5, 5.41) is 5.84. The summed E-state index contributed by atoms with van der Waals surface area (Å²) in [5.74, 6) is 0.173. The molecule has 26 heavy (non-hydrogen) atoms. The molecule has 1 amide bonds. The van der Waals surface area contributed by atoms with Crippen molar-refractivity contribution in [1.82, 2.24) is 10.3 Å². The Morgan fingerprint density at radius 3 is 2.42 bits per heavy atom. The number of aromatic nitrogens is 1. The van der Waals surface area contributed by atoms with Crippen LogP contribution in [0.3, 0.4) is 0 Å². The molecule has 4 nitrogen and oxygen atoms in total. The van der Waals surface area contributed by atoms with E-state index < -0.39 is 11.7 Å². The second-order valence-electron chi connectivity index (χ2n) is 5.87. The van der Waals surface area contributed by atoms with E-state index >= 15 is 0 Å². The maximum atomic E-state index is 12.5. The van der Waals surface area contributed by atoms with Gasteiger partial charge in [0.05, 0.1) is 11.5 Å². The van der Waals surface area contributed by atoms with Crippen molar-refractivity contribution in [3.63, 3.8) is 0 Å². The van der Waals surface area contributed by atoms with Crippen molar-refractivity contribution >= 4 is 11.7 Å². The molecule has 140 valence electrons. The number of nitrogens with one attached hydrogen (secondary N) is 2. The molecule has 0 radical (unpaired) electrons. The van der Waals surface area contributed by atoms with Crippen molar-refractivity contribution < 1.29 is 18.0 Å². The first-order chi connectivity index (χ1) is 12.4. The monoisotopic (exact) mass is 365 g/mol. The predicted octanol–water partition coefficient (Wildman–Crippen LogP) is 4.21. The highest BCUT2D eigenvalue weighted by molar-refractivity contribution is 5.83. The lowest BCUT2D eigenvalue weighted by Crippen LogP contribution is -2.30. The fourth-order valence-corrected chi connectivity index (χ4v) is 2.56. The molecule has 0 saturated carbocycles. The number of amides is 1. The Balaban J connectivity index is 1.72. The Labute approximate surface area is 150 Å². The molecule has 0 spiro atoms. The summed E-state index contributed by atoms with van der Waals surface area (Å²) in [7, 11) is 0. The lowest BCUT2D eigenvalue weighted by molar-refractivity contribution is -0.137. The van der Waals surface area contributed by atoms with Crippen LogP contribution in [0.5, 0.6) is 0 Å². The molecule has 0 aliphatic heterocycles. The van der Waals surface area contributed by atoms with E-state index in [2.05, 4.69) is 15.6 Å². The second-order valence-corrected chi connectivity index (χ2v) is 5.87. The third-order valence-electron chi connectivity index (χ3n) is 3.98. The number of nitrogens with zero attached hydrogens (tertiary/aromatic N) is 1. The smallest absolute Gasteiger partial charge is 0.370 e. The van der Waals surface area contributed by atoms with E-state index in [1.807, 2.05) is 37.3 Å². The van der Waals surface area contributed by atoms with Gasteiger partial charge >= 0.3 is 6.18 Å². The van der Waals surface area contributed by atoms with Gasteiger partial charge in [0.1, 0.15) is 5.82 Å². The van der Waals surface area contributed by atoms with Gasteiger partial charge in [0.15, 0.2) is 0 Å². The van der Waals surface area contributed by atoms with Gasteiger partial charge in [0.2, 0.25) is 5.91 Å². The molecule has 1 unspecified atom stereocenters. The minimum atomic E-state index is -4.38. The first-order valence-corrected chi connectivity index (χ1v) is 8.51. The van der Waals surface area contributed by atoms with Crippen LogP contribution in [0.1, 0.15) is 36.8 Å². The third kappa shape index (κ3) is 5.75. The average molecular weight is 365 g/mol. The van der Waals surface area contributed by atoms with E-state index in [1.54, 1.807) is 0 Å². The molecule has 1 aromatic heterocycles. The Morgan fingerprint density at radius 1 is 1.12 bits per heavy atom. The Kier molecular flexibility index (Phi) is 7.00. The number of carbonyl (C=O) groups is 1. The summed E-state index contributed by atoms with van der Waals surface area (Å²) in [5.41, 5.74) is 0.210. The number of pyridine rings is 1. The van der Waals surface area contributed by atoms with Crippen LogP contribution in [0, 0.1) is 0 Å². The summed E-state index contributed by atoms with van der Waals surface area (Å²) in [6.45, 7) is 2.95. The molecule has 1 atom stereocenters. The second kappa shape index (κ2) is 9.22. The number of carbonyl (C=O) groups excluding carboxylic acids is 1. The van der Waals surface area contributed by atoms with Crippen LogP contribution in [0.2, 0.25) is 0 Å². The Morgan fingerprint density at radius 2 is 1.85 bits per heavy atom. The number of halogens is 3.